The lowest BCUT2D eigenvalue weighted by atomic mass is 9.66. The van der Waals surface area contributed by atoms with Gasteiger partial charge >= 0.3 is 17.9 Å². The van der Waals surface area contributed by atoms with Crippen molar-refractivity contribution < 1.29 is 33.7 Å². The third kappa shape index (κ3) is 2.80. The zero-order valence-corrected chi connectivity index (χ0v) is 15.9. The second-order valence-electron chi connectivity index (χ2n) is 8.37. The maximum absolute atomic E-state index is 12.1. The fourth-order valence-corrected chi connectivity index (χ4v) is 5.73. The van der Waals surface area contributed by atoms with Gasteiger partial charge in [-0.05, 0) is 12.3 Å². The maximum atomic E-state index is 12.1. The standard InChI is InChI=1S/C19H28O7/c1-8-6-12-15(9(2)18(23)26-12)17(22)19(5)14(25-11(4)21)7-13(16(8)19)24-10(3)20/h8-9,12-17,22H,6-7H2,1-5H3/t8-,9-,12+,13+,14-,15-,16-,17+,19-/m1/s1. The van der Waals surface area contributed by atoms with Crippen molar-refractivity contribution in [2.24, 2.45) is 29.1 Å². The van der Waals surface area contributed by atoms with Gasteiger partial charge in [-0.15, -0.1) is 0 Å². The lowest BCUT2D eigenvalue weighted by Gasteiger charge is -2.43. The topological polar surface area (TPSA) is 99.1 Å². The van der Waals surface area contributed by atoms with E-state index < -0.39 is 41.6 Å². The minimum Gasteiger partial charge on any atom is -0.462 e. The Morgan fingerprint density at radius 2 is 1.77 bits per heavy atom. The van der Waals surface area contributed by atoms with E-state index in [0.29, 0.717) is 12.8 Å². The summed E-state index contributed by atoms with van der Waals surface area (Å²) in [4.78, 5) is 35.4. The summed E-state index contributed by atoms with van der Waals surface area (Å²) >= 11 is 0. The molecule has 3 fully saturated rings. The molecule has 0 amide bonds. The molecule has 0 aromatic carbocycles. The number of aliphatic hydroxyl groups excluding tert-OH is 1. The van der Waals surface area contributed by atoms with Crippen LogP contribution in [-0.4, -0.2) is 47.4 Å². The lowest BCUT2D eigenvalue weighted by molar-refractivity contribution is -0.164. The van der Waals surface area contributed by atoms with Gasteiger partial charge in [-0.3, -0.25) is 14.4 Å². The molecule has 9 atom stereocenters. The van der Waals surface area contributed by atoms with E-state index in [0.717, 1.165) is 0 Å². The number of hydrogen-bond donors (Lipinski definition) is 1. The van der Waals surface area contributed by atoms with Crippen molar-refractivity contribution in [2.75, 3.05) is 0 Å². The summed E-state index contributed by atoms with van der Waals surface area (Å²) in [6.07, 6.45) is -1.38. The first-order valence-electron chi connectivity index (χ1n) is 9.30. The molecule has 3 aliphatic rings. The minimum atomic E-state index is -0.909. The highest BCUT2D eigenvalue weighted by atomic mass is 16.6. The number of carbonyl (C=O) groups excluding carboxylic acids is 3. The summed E-state index contributed by atoms with van der Waals surface area (Å²) in [5.41, 5.74) is -0.827. The molecule has 0 spiro atoms. The van der Waals surface area contributed by atoms with Gasteiger partial charge in [-0.25, -0.2) is 0 Å². The van der Waals surface area contributed by atoms with Crippen LogP contribution in [0.2, 0.25) is 0 Å². The second kappa shape index (κ2) is 6.51. The third-order valence-electron chi connectivity index (χ3n) is 6.75. The molecule has 7 heteroatoms. The highest BCUT2D eigenvalue weighted by Gasteiger charge is 2.66. The first-order valence-corrected chi connectivity index (χ1v) is 9.30. The predicted molar refractivity (Wildman–Crippen MR) is 89.6 cm³/mol. The van der Waals surface area contributed by atoms with Crippen LogP contribution in [-0.2, 0) is 28.6 Å². The van der Waals surface area contributed by atoms with E-state index in [9.17, 15) is 19.5 Å². The van der Waals surface area contributed by atoms with Gasteiger partial charge in [0.15, 0.2) is 0 Å². The Hall–Kier alpha value is -1.63. The Kier molecular flexibility index (Phi) is 4.80. The monoisotopic (exact) mass is 368 g/mol. The van der Waals surface area contributed by atoms with Gasteiger partial charge in [0, 0.05) is 37.5 Å². The first kappa shape index (κ1) is 19.1. The summed E-state index contributed by atoms with van der Waals surface area (Å²) in [5.74, 6) is -2.10. The molecule has 2 saturated carbocycles. The number of rotatable bonds is 2. The number of aliphatic hydroxyl groups is 1. The van der Waals surface area contributed by atoms with Gasteiger partial charge < -0.3 is 19.3 Å². The van der Waals surface area contributed by atoms with Crippen LogP contribution in [0.25, 0.3) is 0 Å². The quantitative estimate of drug-likeness (QED) is 0.582. The zero-order chi connectivity index (χ0) is 19.4. The Morgan fingerprint density at radius 3 is 2.35 bits per heavy atom. The van der Waals surface area contributed by atoms with E-state index in [1.54, 1.807) is 6.92 Å². The van der Waals surface area contributed by atoms with E-state index in [2.05, 4.69) is 0 Å². The van der Waals surface area contributed by atoms with Crippen molar-refractivity contribution in [1.29, 1.82) is 0 Å². The van der Waals surface area contributed by atoms with Gasteiger partial charge in [0.25, 0.3) is 0 Å². The van der Waals surface area contributed by atoms with Crippen molar-refractivity contribution in [3.63, 3.8) is 0 Å². The van der Waals surface area contributed by atoms with Gasteiger partial charge in [-0.1, -0.05) is 20.8 Å². The number of ether oxygens (including phenoxy) is 3. The largest absolute Gasteiger partial charge is 0.462 e. The molecular formula is C19H28O7. The second-order valence-corrected chi connectivity index (χ2v) is 8.37. The molecule has 3 rings (SSSR count). The van der Waals surface area contributed by atoms with E-state index in [1.807, 2.05) is 13.8 Å². The normalized spacial score (nSPS) is 47.4. The Bertz CT molecular complexity index is 617. The van der Waals surface area contributed by atoms with Crippen LogP contribution in [0.15, 0.2) is 0 Å². The minimum absolute atomic E-state index is 0.0210. The van der Waals surface area contributed by atoms with Crippen LogP contribution < -0.4 is 0 Å². The number of hydrogen-bond acceptors (Lipinski definition) is 7. The molecule has 0 radical (unpaired) electrons. The first-order chi connectivity index (χ1) is 12.1. The fraction of sp³-hybridized carbons (Fsp3) is 0.842. The number of esters is 3. The highest BCUT2D eigenvalue weighted by molar-refractivity contribution is 5.75. The van der Waals surface area contributed by atoms with Gasteiger partial charge in [0.1, 0.15) is 18.3 Å². The molecule has 146 valence electrons. The van der Waals surface area contributed by atoms with E-state index in [1.165, 1.54) is 13.8 Å². The van der Waals surface area contributed by atoms with E-state index in [4.69, 9.17) is 14.2 Å². The molecule has 0 aromatic heterocycles. The molecule has 26 heavy (non-hydrogen) atoms. The third-order valence-corrected chi connectivity index (χ3v) is 6.75. The summed E-state index contributed by atoms with van der Waals surface area (Å²) in [7, 11) is 0. The maximum Gasteiger partial charge on any atom is 0.309 e. The van der Waals surface area contributed by atoms with Crippen molar-refractivity contribution in [2.45, 2.75) is 71.9 Å². The molecule has 7 nitrogen and oxygen atoms in total. The average molecular weight is 368 g/mol. The summed E-state index contributed by atoms with van der Waals surface area (Å²) < 4.78 is 16.6. The molecular weight excluding hydrogens is 340 g/mol. The molecule has 1 aliphatic heterocycles. The molecule has 0 bridgehead atoms. The van der Waals surface area contributed by atoms with Crippen LogP contribution in [0.3, 0.4) is 0 Å². The molecule has 1 N–H and O–H groups in total. The van der Waals surface area contributed by atoms with Gasteiger partial charge in [0.2, 0.25) is 0 Å². The van der Waals surface area contributed by atoms with Crippen molar-refractivity contribution >= 4 is 17.9 Å². The summed E-state index contributed by atoms with van der Waals surface area (Å²) in [5, 5.41) is 11.4. The Balaban J connectivity index is 2.04. The van der Waals surface area contributed by atoms with Crippen LogP contribution in [0, 0.1) is 29.1 Å². The molecule has 1 saturated heterocycles. The SMILES string of the molecule is CC(=O)O[C@H]1C[C@@H](OC(C)=O)[C@]2(C)[C@@H]1[C@H](C)C[C@@H]1OC(=O)[C@H](C)[C@H]1[C@@H]2O. The van der Waals surface area contributed by atoms with E-state index >= 15 is 0 Å². The zero-order valence-electron chi connectivity index (χ0n) is 15.9. The smallest absolute Gasteiger partial charge is 0.309 e. The average Bonchev–Trinajstić information content (AvgIpc) is 2.90. The van der Waals surface area contributed by atoms with Gasteiger partial charge in [0.05, 0.1) is 12.0 Å². The van der Waals surface area contributed by atoms with Crippen molar-refractivity contribution in [3.05, 3.63) is 0 Å². The predicted octanol–water partition coefficient (Wildman–Crippen LogP) is 1.45. The van der Waals surface area contributed by atoms with Crippen molar-refractivity contribution in [3.8, 4) is 0 Å². The Morgan fingerprint density at radius 1 is 1.15 bits per heavy atom. The van der Waals surface area contributed by atoms with Crippen LogP contribution in [0.5, 0.6) is 0 Å². The van der Waals surface area contributed by atoms with Crippen LogP contribution >= 0.6 is 0 Å². The van der Waals surface area contributed by atoms with Crippen LogP contribution in [0.1, 0.15) is 47.5 Å². The van der Waals surface area contributed by atoms with Crippen molar-refractivity contribution in [1.82, 2.24) is 0 Å². The lowest BCUT2D eigenvalue weighted by Crippen LogP contribution is -2.51. The molecule has 1 heterocycles. The summed E-state index contributed by atoms with van der Waals surface area (Å²) in [6, 6.07) is 0. The Labute approximate surface area is 153 Å². The van der Waals surface area contributed by atoms with Gasteiger partial charge in [-0.2, -0.15) is 0 Å². The number of fused-ring (bicyclic) bond motifs is 2. The summed E-state index contributed by atoms with van der Waals surface area (Å²) in [6.45, 7) is 8.35. The highest BCUT2D eigenvalue weighted by Crippen LogP contribution is 2.58. The van der Waals surface area contributed by atoms with Crippen LogP contribution in [0.4, 0.5) is 0 Å². The van der Waals surface area contributed by atoms with E-state index in [-0.39, 0.29) is 29.8 Å². The molecule has 2 aliphatic carbocycles. The molecule has 0 aromatic rings. The fourth-order valence-electron chi connectivity index (χ4n) is 5.73. The number of carbonyl (C=O) groups is 3. The molecule has 0 unspecified atom stereocenters.